The average molecular weight is 367 g/mol. The molecule has 0 radical (unpaired) electrons. The molecule has 8 nitrogen and oxygen atoms in total. The van der Waals surface area contributed by atoms with Crippen LogP contribution in [0.25, 0.3) is 0 Å². The fraction of sp³-hybridized carbons (Fsp3) is 0.316. The van der Waals surface area contributed by atoms with E-state index in [2.05, 4.69) is 10.2 Å². The largest absolute Gasteiger partial charge is 0.394 e. The fourth-order valence-corrected chi connectivity index (χ4v) is 3.48. The van der Waals surface area contributed by atoms with Gasteiger partial charge in [-0.3, -0.25) is 24.1 Å². The van der Waals surface area contributed by atoms with Gasteiger partial charge < -0.3 is 10.0 Å². The van der Waals surface area contributed by atoms with E-state index < -0.39 is 0 Å². The summed E-state index contributed by atoms with van der Waals surface area (Å²) in [6.45, 7) is 1.60. The highest BCUT2D eigenvalue weighted by atomic mass is 16.3. The maximum atomic E-state index is 12.9. The summed E-state index contributed by atoms with van der Waals surface area (Å²) in [7, 11) is 0. The molecule has 3 heterocycles. The molecule has 0 bridgehead atoms. The van der Waals surface area contributed by atoms with Crippen LogP contribution in [-0.4, -0.2) is 48.6 Å². The normalized spacial score (nSPS) is 13.6. The monoisotopic (exact) mass is 367 g/mol. The van der Waals surface area contributed by atoms with Crippen LogP contribution in [0.15, 0.2) is 47.5 Å². The van der Waals surface area contributed by atoms with Gasteiger partial charge in [-0.2, -0.15) is 5.10 Å². The van der Waals surface area contributed by atoms with Gasteiger partial charge in [-0.05, 0) is 30.2 Å². The molecule has 0 unspecified atom stereocenters. The number of benzene rings is 1. The van der Waals surface area contributed by atoms with E-state index in [1.54, 1.807) is 11.1 Å². The summed E-state index contributed by atoms with van der Waals surface area (Å²) >= 11 is 0. The Morgan fingerprint density at radius 3 is 2.96 bits per heavy atom. The van der Waals surface area contributed by atoms with Crippen LogP contribution in [0.3, 0.4) is 0 Å². The van der Waals surface area contributed by atoms with Crippen LogP contribution in [0.4, 0.5) is 0 Å². The molecule has 0 saturated heterocycles. The van der Waals surface area contributed by atoms with Gasteiger partial charge in [0.1, 0.15) is 0 Å². The van der Waals surface area contributed by atoms with E-state index in [1.807, 2.05) is 41.2 Å². The van der Waals surface area contributed by atoms with Crippen molar-refractivity contribution < 1.29 is 9.90 Å². The van der Waals surface area contributed by atoms with E-state index in [9.17, 15) is 9.59 Å². The summed E-state index contributed by atoms with van der Waals surface area (Å²) in [4.78, 5) is 26.9. The van der Waals surface area contributed by atoms with Gasteiger partial charge in [0.15, 0.2) is 0 Å². The smallest absolute Gasteiger partial charge is 0.270 e. The molecule has 1 aliphatic rings. The minimum atomic E-state index is -0.106. The molecule has 1 aliphatic heterocycles. The van der Waals surface area contributed by atoms with Crippen molar-refractivity contribution in [1.29, 1.82) is 0 Å². The zero-order chi connectivity index (χ0) is 18.8. The van der Waals surface area contributed by atoms with Crippen molar-refractivity contribution in [2.75, 3.05) is 13.2 Å². The Hall–Kier alpha value is -3.13. The molecule has 0 fully saturated rings. The predicted molar refractivity (Wildman–Crippen MR) is 98.4 cm³/mol. The van der Waals surface area contributed by atoms with Crippen molar-refractivity contribution in [2.45, 2.75) is 26.1 Å². The first kappa shape index (κ1) is 17.3. The minimum absolute atomic E-state index is 0.0567. The number of carbonyl (C=O) groups is 1. The average Bonchev–Trinajstić information content (AvgIpc) is 3.30. The molecule has 8 heteroatoms. The van der Waals surface area contributed by atoms with Crippen molar-refractivity contribution >= 4 is 5.91 Å². The summed E-state index contributed by atoms with van der Waals surface area (Å²) in [5.74, 6) is -0.0567. The standard InChI is InChI=1S/C19H21N5O3/c25-10-9-24-19(27)16-5-8-22(13-17(16)21-24)18(26)15-4-1-3-14(11-15)12-23-7-2-6-20-23/h1-4,6-7,11,21,25H,5,8-10,12-13H2. The Balaban J connectivity index is 1.52. The molecule has 0 atom stereocenters. The Morgan fingerprint density at radius 1 is 1.30 bits per heavy atom. The summed E-state index contributed by atoms with van der Waals surface area (Å²) < 4.78 is 3.22. The van der Waals surface area contributed by atoms with Gasteiger partial charge in [0, 0.05) is 30.1 Å². The molecule has 0 saturated carbocycles. The molecule has 1 aromatic carbocycles. The minimum Gasteiger partial charge on any atom is -0.394 e. The lowest BCUT2D eigenvalue weighted by Gasteiger charge is -2.26. The highest BCUT2D eigenvalue weighted by Gasteiger charge is 2.26. The maximum absolute atomic E-state index is 12.9. The van der Waals surface area contributed by atoms with Crippen LogP contribution in [-0.2, 0) is 26.1 Å². The summed E-state index contributed by atoms with van der Waals surface area (Å²) in [5.41, 5.74) is 2.98. The summed E-state index contributed by atoms with van der Waals surface area (Å²) in [6, 6.07) is 9.41. The first-order valence-corrected chi connectivity index (χ1v) is 8.93. The number of carbonyl (C=O) groups excluding carboxylic acids is 1. The lowest BCUT2D eigenvalue weighted by Crippen LogP contribution is -2.37. The van der Waals surface area contributed by atoms with Crippen molar-refractivity contribution in [3.05, 3.63) is 75.5 Å². The molecule has 0 aliphatic carbocycles. The van der Waals surface area contributed by atoms with Crippen molar-refractivity contribution in [3.63, 3.8) is 0 Å². The topological polar surface area (TPSA) is 96.2 Å². The number of nitrogens with one attached hydrogen (secondary N) is 1. The summed E-state index contributed by atoms with van der Waals surface area (Å²) in [6.07, 6.45) is 4.12. The second-order valence-corrected chi connectivity index (χ2v) is 6.63. The third kappa shape index (κ3) is 3.43. The number of H-pyrrole nitrogens is 1. The number of fused-ring (bicyclic) bond motifs is 1. The molecular weight excluding hydrogens is 346 g/mol. The van der Waals surface area contributed by atoms with Gasteiger partial charge >= 0.3 is 0 Å². The number of nitrogens with zero attached hydrogens (tertiary/aromatic N) is 4. The Kier molecular flexibility index (Phi) is 4.64. The van der Waals surface area contributed by atoms with Crippen LogP contribution in [0.1, 0.15) is 27.2 Å². The zero-order valence-corrected chi connectivity index (χ0v) is 14.8. The van der Waals surface area contributed by atoms with E-state index in [0.29, 0.717) is 37.2 Å². The van der Waals surface area contributed by atoms with E-state index in [4.69, 9.17) is 5.11 Å². The van der Waals surface area contributed by atoms with Gasteiger partial charge in [0.2, 0.25) is 0 Å². The molecular formula is C19H21N5O3. The lowest BCUT2D eigenvalue weighted by atomic mass is 10.1. The van der Waals surface area contributed by atoms with Gasteiger partial charge in [-0.25, -0.2) is 0 Å². The molecule has 2 N–H and O–H groups in total. The van der Waals surface area contributed by atoms with Crippen LogP contribution in [0, 0.1) is 0 Å². The summed E-state index contributed by atoms with van der Waals surface area (Å²) in [5, 5.41) is 16.3. The van der Waals surface area contributed by atoms with Gasteiger partial charge in [-0.15, -0.1) is 0 Å². The Bertz CT molecular complexity index is 1000. The second-order valence-electron chi connectivity index (χ2n) is 6.63. The number of amides is 1. The predicted octanol–water partition coefficient (Wildman–Crippen LogP) is 0.612. The number of rotatable bonds is 5. The number of hydrogen-bond donors (Lipinski definition) is 2. The maximum Gasteiger partial charge on any atom is 0.270 e. The first-order valence-electron chi connectivity index (χ1n) is 8.93. The third-order valence-corrected chi connectivity index (χ3v) is 4.81. The van der Waals surface area contributed by atoms with Gasteiger partial charge in [0.25, 0.3) is 11.5 Å². The Labute approximate surface area is 155 Å². The highest BCUT2D eigenvalue weighted by molar-refractivity contribution is 5.94. The van der Waals surface area contributed by atoms with Crippen molar-refractivity contribution in [3.8, 4) is 0 Å². The molecule has 0 spiro atoms. The van der Waals surface area contributed by atoms with Crippen LogP contribution in [0.5, 0.6) is 0 Å². The fourth-order valence-electron chi connectivity index (χ4n) is 3.48. The van der Waals surface area contributed by atoms with E-state index >= 15 is 0 Å². The van der Waals surface area contributed by atoms with Crippen molar-refractivity contribution in [1.82, 2.24) is 24.5 Å². The molecule has 4 rings (SSSR count). The zero-order valence-electron chi connectivity index (χ0n) is 14.8. The lowest BCUT2D eigenvalue weighted by molar-refractivity contribution is 0.0732. The van der Waals surface area contributed by atoms with Crippen LogP contribution < -0.4 is 5.56 Å². The van der Waals surface area contributed by atoms with Crippen LogP contribution in [0.2, 0.25) is 0 Å². The van der Waals surface area contributed by atoms with E-state index in [-0.39, 0.29) is 24.6 Å². The van der Waals surface area contributed by atoms with Gasteiger partial charge in [0.05, 0.1) is 31.9 Å². The second kappa shape index (κ2) is 7.24. The number of aromatic nitrogens is 4. The van der Waals surface area contributed by atoms with E-state index in [1.165, 1.54) is 4.68 Å². The number of aliphatic hydroxyl groups excluding tert-OH is 1. The molecule has 1 amide bonds. The number of aromatic amines is 1. The molecule has 27 heavy (non-hydrogen) atoms. The van der Waals surface area contributed by atoms with Crippen LogP contribution >= 0.6 is 0 Å². The number of hydrogen-bond acceptors (Lipinski definition) is 4. The third-order valence-electron chi connectivity index (χ3n) is 4.81. The quantitative estimate of drug-likeness (QED) is 0.691. The Morgan fingerprint density at radius 2 is 2.19 bits per heavy atom. The number of aliphatic hydroxyl groups is 1. The van der Waals surface area contributed by atoms with Crippen molar-refractivity contribution in [2.24, 2.45) is 0 Å². The first-order chi connectivity index (χ1) is 13.2. The molecule has 140 valence electrons. The SMILES string of the molecule is O=C(c1cccc(Cn2cccn2)c1)N1CCc2c([nH]n(CCO)c2=O)C1. The van der Waals surface area contributed by atoms with Gasteiger partial charge in [-0.1, -0.05) is 12.1 Å². The molecule has 3 aromatic rings. The van der Waals surface area contributed by atoms with E-state index in [0.717, 1.165) is 11.3 Å². The molecule has 2 aromatic heterocycles. The highest BCUT2D eigenvalue weighted by Crippen LogP contribution is 2.18.